The number of hydrogen-bond acceptors (Lipinski definition) is 1. The van der Waals surface area contributed by atoms with Crippen molar-refractivity contribution < 1.29 is 4.42 Å². The third-order valence-corrected chi connectivity index (χ3v) is 15.1. The smallest absolute Gasteiger partial charge is 0.184 e. The Hall–Kier alpha value is -5.64. The van der Waals surface area contributed by atoms with Crippen LogP contribution in [0.15, 0.2) is 168 Å². The van der Waals surface area contributed by atoms with Gasteiger partial charge in [-0.05, 0) is 68.6 Å². The van der Waals surface area contributed by atoms with Crippen LogP contribution in [0.3, 0.4) is 0 Å². The molecule has 1 aliphatic heterocycles. The summed E-state index contributed by atoms with van der Waals surface area (Å²) in [7, 11) is -2.89. The largest absolute Gasteiger partial charge is 0.456 e. The van der Waals surface area contributed by atoms with Crippen molar-refractivity contribution in [2.24, 2.45) is 0 Å². The van der Waals surface area contributed by atoms with Gasteiger partial charge in [0.1, 0.15) is 11.2 Å². The summed E-state index contributed by atoms with van der Waals surface area (Å²) in [6.45, 7) is 0. The van der Waals surface area contributed by atoms with Crippen molar-refractivity contribution in [2.75, 3.05) is 0 Å². The van der Waals surface area contributed by atoms with E-state index in [2.05, 4.69) is 168 Å². The maximum atomic E-state index is 6.99. The van der Waals surface area contributed by atoms with E-state index in [1.165, 1.54) is 53.7 Å². The molecule has 10 rings (SSSR count). The lowest BCUT2D eigenvalue weighted by Crippen LogP contribution is -2.77. The predicted molar refractivity (Wildman–Crippen MR) is 194 cm³/mol. The Kier molecular flexibility index (Phi) is 5.40. The third-order valence-electron chi connectivity index (χ3n) is 10.1. The van der Waals surface area contributed by atoms with Crippen molar-refractivity contribution in [3.05, 3.63) is 175 Å². The molecule has 0 bridgehead atoms. The second-order valence-corrected chi connectivity index (χ2v) is 16.1. The van der Waals surface area contributed by atoms with Crippen LogP contribution >= 0.6 is 0 Å². The standard InChI is InChI=1S/C43H29NOSi/c1-2-16-32(17-3-1)46(40-24-12-4-14-29(40)26-30-15-5-13-25-41(30)46)42-28-31(27-36-35-20-8-11-23-39(35)45-43(36)42)44-37-21-9-6-18-33(37)34-19-7-10-22-38(34)44/h1-25,27-28H,26H2. The van der Waals surface area contributed by atoms with Gasteiger partial charge in [-0.2, -0.15) is 0 Å². The number of aromatic nitrogens is 1. The number of nitrogens with zero attached hydrogens (tertiary/aromatic N) is 1. The first kappa shape index (κ1) is 25.7. The Balaban J connectivity index is 1.44. The van der Waals surface area contributed by atoms with E-state index < -0.39 is 8.07 Å². The maximum Gasteiger partial charge on any atom is 0.184 e. The molecule has 7 aromatic carbocycles. The maximum absolute atomic E-state index is 6.99. The molecule has 0 radical (unpaired) electrons. The summed E-state index contributed by atoms with van der Waals surface area (Å²) in [5.74, 6) is 0. The van der Waals surface area contributed by atoms with Crippen molar-refractivity contribution in [3.8, 4) is 5.69 Å². The highest BCUT2D eigenvalue weighted by Crippen LogP contribution is 2.36. The molecule has 216 valence electrons. The topological polar surface area (TPSA) is 18.1 Å². The number of hydrogen-bond donors (Lipinski definition) is 0. The molecule has 0 fully saturated rings. The number of benzene rings is 7. The summed E-state index contributed by atoms with van der Waals surface area (Å²) in [4.78, 5) is 0. The Labute approximate surface area is 267 Å². The zero-order valence-corrected chi connectivity index (χ0v) is 26.2. The van der Waals surface area contributed by atoms with Crippen molar-refractivity contribution in [1.82, 2.24) is 4.57 Å². The Morgan fingerprint density at radius 2 is 1.00 bits per heavy atom. The molecule has 0 aliphatic carbocycles. The minimum absolute atomic E-state index is 0.924. The van der Waals surface area contributed by atoms with Crippen LogP contribution < -0.4 is 20.7 Å². The summed E-state index contributed by atoms with van der Waals surface area (Å²) in [5.41, 5.74) is 8.31. The van der Waals surface area contributed by atoms with Gasteiger partial charge in [0.15, 0.2) is 8.07 Å². The van der Waals surface area contributed by atoms with Gasteiger partial charge in [-0.3, -0.25) is 0 Å². The zero-order valence-electron chi connectivity index (χ0n) is 25.2. The van der Waals surface area contributed by atoms with Gasteiger partial charge in [0.25, 0.3) is 0 Å². The monoisotopic (exact) mass is 603 g/mol. The lowest BCUT2D eigenvalue weighted by atomic mass is 10.0. The van der Waals surface area contributed by atoms with Crippen molar-refractivity contribution in [3.63, 3.8) is 0 Å². The average Bonchev–Trinajstić information content (AvgIpc) is 3.67. The minimum atomic E-state index is -2.89. The van der Waals surface area contributed by atoms with Crippen LogP contribution in [-0.4, -0.2) is 12.6 Å². The van der Waals surface area contributed by atoms with Gasteiger partial charge in [-0.1, -0.05) is 133 Å². The van der Waals surface area contributed by atoms with Gasteiger partial charge in [0, 0.05) is 27.2 Å². The molecule has 3 heteroatoms. The van der Waals surface area contributed by atoms with E-state index >= 15 is 0 Å². The molecule has 46 heavy (non-hydrogen) atoms. The van der Waals surface area contributed by atoms with Crippen LogP contribution in [0.1, 0.15) is 11.1 Å². The quantitative estimate of drug-likeness (QED) is 0.187. The fraction of sp³-hybridized carbons (Fsp3) is 0.0233. The van der Waals surface area contributed by atoms with Crippen LogP contribution in [0.5, 0.6) is 0 Å². The highest BCUT2D eigenvalue weighted by atomic mass is 28.3. The minimum Gasteiger partial charge on any atom is -0.456 e. The SMILES string of the molecule is c1ccc([Si]2(c3cc(-n4c5ccccc5c5ccccc54)cc4c3oc3ccccc34)c3ccccc3Cc3ccccc32)cc1. The molecular weight excluding hydrogens is 575 g/mol. The van der Waals surface area contributed by atoms with Crippen LogP contribution in [0.4, 0.5) is 0 Å². The molecule has 1 aliphatic rings. The van der Waals surface area contributed by atoms with E-state index in [9.17, 15) is 0 Å². The summed E-state index contributed by atoms with van der Waals surface area (Å²) in [6, 6.07) is 60.5. The molecule has 0 amide bonds. The Morgan fingerprint density at radius 1 is 0.457 bits per heavy atom. The molecule has 0 atom stereocenters. The Bertz CT molecular complexity index is 2530. The first-order valence-corrected chi connectivity index (χ1v) is 18.0. The molecule has 0 saturated carbocycles. The zero-order chi connectivity index (χ0) is 30.2. The second kappa shape index (κ2) is 9.68. The van der Waals surface area contributed by atoms with Gasteiger partial charge in [0.2, 0.25) is 0 Å². The van der Waals surface area contributed by atoms with E-state index in [0.717, 1.165) is 34.0 Å². The van der Waals surface area contributed by atoms with Crippen LogP contribution in [0.2, 0.25) is 0 Å². The highest BCUT2D eigenvalue weighted by Gasteiger charge is 2.48. The van der Waals surface area contributed by atoms with Crippen molar-refractivity contribution in [1.29, 1.82) is 0 Å². The van der Waals surface area contributed by atoms with Crippen molar-refractivity contribution >= 4 is 72.6 Å². The van der Waals surface area contributed by atoms with Gasteiger partial charge in [-0.25, -0.2) is 0 Å². The fourth-order valence-corrected chi connectivity index (χ4v) is 13.7. The lowest BCUT2D eigenvalue weighted by Gasteiger charge is -2.40. The third kappa shape index (κ3) is 3.41. The molecular formula is C43H29NOSi. The van der Waals surface area contributed by atoms with Gasteiger partial charge >= 0.3 is 0 Å². The molecule has 3 heterocycles. The summed E-state index contributed by atoms with van der Waals surface area (Å²) in [5, 5.41) is 10.4. The van der Waals surface area contributed by atoms with Crippen molar-refractivity contribution in [2.45, 2.75) is 6.42 Å². The summed E-state index contributed by atoms with van der Waals surface area (Å²) >= 11 is 0. The second-order valence-electron chi connectivity index (χ2n) is 12.4. The first-order chi connectivity index (χ1) is 22.8. The number of rotatable bonds is 3. The highest BCUT2D eigenvalue weighted by molar-refractivity contribution is 7.21. The van der Waals surface area contributed by atoms with E-state index in [0.29, 0.717) is 0 Å². The van der Waals surface area contributed by atoms with Gasteiger partial charge < -0.3 is 8.98 Å². The molecule has 0 N–H and O–H groups in total. The number of para-hydroxylation sites is 3. The van der Waals surface area contributed by atoms with Crippen LogP contribution in [0, 0.1) is 0 Å². The lowest BCUT2D eigenvalue weighted by molar-refractivity contribution is 0.671. The van der Waals surface area contributed by atoms with Crippen LogP contribution in [-0.2, 0) is 6.42 Å². The molecule has 0 unspecified atom stereocenters. The predicted octanol–water partition coefficient (Wildman–Crippen LogP) is 7.96. The number of furan rings is 1. The van der Waals surface area contributed by atoms with Gasteiger partial charge in [0.05, 0.1) is 11.0 Å². The van der Waals surface area contributed by atoms with E-state index in [4.69, 9.17) is 4.42 Å². The van der Waals surface area contributed by atoms with Crippen LogP contribution in [0.25, 0.3) is 49.4 Å². The molecule has 2 nitrogen and oxygen atoms in total. The van der Waals surface area contributed by atoms with E-state index in [1.807, 2.05) is 0 Å². The normalized spacial score (nSPS) is 13.7. The van der Waals surface area contributed by atoms with E-state index in [1.54, 1.807) is 0 Å². The fourth-order valence-electron chi connectivity index (χ4n) is 8.30. The first-order valence-electron chi connectivity index (χ1n) is 16.0. The summed E-state index contributed by atoms with van der Waals surface area (Å²) < 4.78 is 9.45. The Morgan fingerprint density at radius 3 is 1.67 bits per heavy atom. The molecule has 0 spiro atoms. The number of fused-ring (bicyclic) bond motifs is 8. The molecule has 2 aromatic heterocycles. The van der Waals surface area contributed by atoms with E-state index in [-0.39, 0.29) is 0 Å². The average molecular weight is 604 g/mol. The molecule has 0 saturated heterocycles. The van der Waals surface area contributed by atoms with Gasteiger partial charge in [-0.15, -0.1) is 0 Å². The summed E-state index contributed by atoms with van der Waals surface area (Å²) in [6.07, 6.45) is 0.934. The molecule has 9 aromatic rings.